The van der Waals surface area contributed by atoms with Crippen LogP contribution in [0.25, 0.3) is 0 Å². The number of fused-ring (bicyclic) bond motifs is 1. The first-order valence-electron chi connectivity index (χ1n) is 9.08. The zero-order valence-corrected chi connectivity index (χ0v) is 14.5. The number of alkyl halides is 3. The van der Waals surface area contributed by atoms with Crippen molar-refractivity contribution < 1.29 is 22.8 Å². The van der Waals surface area contributed by atoms with Crippen molar-refractivity contribution in [3.63, 3.8) is 0 Å². The van der Waals surface area contributed by atoms with Gasteiger partial charge in [-0.1, -0.05) is 19.3 Å². The highest BCUT2D eigenvalue weighted by molar-refractivity contribution is 5.96. The molecule has 2 amide bonds. The van der Waals surface area contributed by atoms with E-state index in [4.69, 9.17) is 0 Å². The smallest absolute Gasteiger partial charge is 0.343 e. The molecule has 1 heterocycles. The minimum Gasteiger partial charge on any atom is -0.343 e. The van der Waals surface area contributed by atoms with E-state index in [9.17, 15) is 22.8 Å². The fourth-order valence-corrected chi connectivity index (χ4v) is 4.01. The van der Waals surface area contributed by atoms with Gasteiger partial charge in [-0.15, -0.1) is 0 Å². The van der Waals surface area contributed by atoms with E-state index in [1.807, 2.05) is 0 Å². The van der Waals surface area contributed by atoms with Crippen molar-refractivity contribution in [2.45, 2.75) is 38.3 Å². The molecule has 2 aliphatic rings. The number of halogens is 3. The molecule has 0 spiro atoms. The first-order valence-corrected chi connectivity index (χ1v) is 9.08. The Hall–Kier alpha value is -2.05. The van der Waals surface area contributed by atoms with E-state index >= 15 is 0 Å². The molecule has 1 aromatic carbocycles. The van der Waals surface area contributed by atoms with Crippen LogP contribution < -0.4 is 5.32 Å². The Morgan fingerprint density at radius 1 is 1.04 bits per heavy atom. The lowest BCUT2D eigenvalue weighted by Gasteiger charge is -2.41. The Morgan fingerprint density at radius 3 is 2.35 bits per heavy atom. The van der Waals surface area contributed by atoms with Crippen LogP contribution in [0.2, 0.25) is 0 Å². The lowest BCUT2D eigenvalue weighted by atomic mass is 9.75. The number of rotatable bonds is 3. The van der Waals surface area contributed by atoms with Gasteiger partial charge in [0.05, 0.1) is 12.1 Å². The molecule has 2 atom stereocenters. The predicted molar refractivity (Wildman–Crippen MR) is 90.4 cm³/mol. The second kappa shape index (κ2) is 7.68. The third kappa shape index (κ3) is 4.37. The monoisotopic (exact) mass is 368 g/mol. The van der Waals surface area contributed by atoms with E-state index in [2.05, 4.69) is 5.32 Å². The van der Waals surface area contributed by atoms with Gasteiger partial charge in [0, 0.05) is 18.7 Å². The molecule has 0 unspecified atom stereocenters. The number of amides is 2. The van der Waals surface area contributed by atoms with E-state index in [0.717, 1.165) is 56.1 Å². The lowest BCUT2D eigenvalue weighted by molar-refractivity contribution is -0.137. The highest BCUT2D eigenvalue weighted by atomic mass is 19.4. The molecule has 3 rings (SSSR count). The summed E-state index contributed by atoms with van der Waals surface area (Å²) in [5.74, 6) is 0.607. The van der Waals surface area contributed by atoms with Gasteiger partial charge in [0.2, 0.25) is 5.91 Å². The second-order valence-electron chi connectivity index (χ2n) is 7.19. The maximum absolute atomic E-state index is 12.5. The molecule has 26 heavy (non-hydrogen) atoms. The van der Waals surface area contributed by atoms with Gasteiger partial charge < -0.3 is 10.2 Å². The van der Waals surface area contributed by atoms with E-state index in [1.165, 1.54) is 19.3 Å². The van der Waals surface area contributed by atoms with Crippen LogP contribution >= 0.6 is 0 Å². The van der Waals surface area contributed by atoms with Crippen LogP contribution in [0, 0.1) is 11.8 Å². The Morgan fingerprint density at radius 2 is 1.69 bits per heavy atom. The minimum absolute atomic E-state index is 0.108. The topological polar surface area (TPSA) is 49.4 Å². The van der Waals surface area contributed by atoms with E-state index in [1.54, 1.807) is 4.90 Å². The molecular formula is C19H23F3N2O2. The Labute approximate surface area is 150 Å². The molecule has 142 valence electrons. The van der Waals surface area contributed by atoms with Crippen LogP contribution in [0.3, 0.4) is 0 Å². The molecule has 1 aromatic rings. The van der Waals surface area contributed by atoms with Gasteiger partial charge in [-0.25, -0.2) is 0 Å². The van der Waals surface area contributed by atoms with E-state index < -0.39 is 17.6 Å². The minimum atomic E-state index is -4.43. The van der Waals surface area contributed by atoms with Crippen molar-refractivity contribution >= 4 is 11.8 Å². The largest absolute Gasteiger partial charge is 0.416 e. The lowest BCUT2D eigenvalue weighted by Crippen LogP contribution is -2.48. The zero-order chi connectivity index (χ0) is 18.7. The van der Waals surface area contributed by atoms with Gasteiger partial charge in [0.15, 0.2) is 0 Å². The average molecular weight is 368 g/mol. The molecule has 0 bridgehead atoms. The molecular weight excluding hydrogens is 345 g/mol. The van der Waals surface area contributed by atoms with Gasteiger partial charge in [-0.2, -0.15) is 13.2 Å². The highest BCUT2D eigenvalue weighted by Crippen LogP contribution is 2.36. The van der Waals surface area contributed by atoms with Gasteiger partial charge in [-0.3, -0.25) is 9.59 Å². The van der Waals surface area contributed by atoms with Crippen molar-refractivity contribution in [1.29, 1.82) is 0 Å². The normalized spacial score (nSPS) is 23.3. The van der Waals surface area contributed by atoms with Crippen molar-refractivity contribution in [2.75, 3.05) is 19.6 Å². The van der Waals surface area contributed by atoms with Gasteiger partial charge in [0.25, 0.3) is 5.91 Å². The van der Waals surface area contributed by atoms with Crippen LogP contribution in [0.5, 0.6) is 0 Å². The number of likely N-dealkylation sites (tertiary alicyclic amines) is 1. The molecule has 1 N–H and O–H groups in total. The number of carbonyl (C=O) groups is 2. The Bertz CT molecular complexity index is 658. The fourth-order valence-electron chi connectivity index (χ4n) is 4.01. The van der Waals surface area contributed by atoms with Crippen molar-refractivity contribution in [3.05, 3.63) is 35.4 Å². The zero-order valence-electron chi connectivity index (χ0n) is 14.5. The summed E-state index contributed by atoms with van der Waals surface area (Å²) in [6, 6.07) is 3.97. The number of hydrogen-bond acceptors (Lipinski definition) is 2. The fraction of sp³-hybridized carbons (Fsp3) is 0.579. The molecule has 0 radical (unpaired) electrons. The van der Waals surface area contributed by atoms with Crippen molar-refractivity contribution in [2.24, 2.45) is 11.8 Å². The summed E-state index contributed by atoms with van der Waals surface area (Å²) in [6.45, 7) is 1.34. The first-order chi connectivity index (χ1) is 12.3. The molecule has 1 aliphatic heterocycles. The Balaban J connectivity index is 1.50. The highest BCUT2D eigenvalue weighted by Gasteiger charge is 2.33. The maximum Gasteiger partial charge on any atom is 0.416 e. The summed E-state index contributed by atoms with van der Waals surface area (Å²) in [6.07, 6.45) is 1.48. The summed E-state index contributed by atoms with van der Waals surface area (Å²) >= 11 is 0. The van der Waals surface area contributed by atoms with Gasteiger partial charge in [-0.05, 0) is 48.9 Å². The van der Waals surface area contributed by atoms with Gasteiger partial charge >= 0.3 is 6.18 Å². The maximum atomic E-state index is 12.5. The van der Waals surface area contributed by atoms with Crippen LogP contribution in [-0.2, 0) is 11.0 Å². The second-order valence-corrected chi connectivity index (χ2v) is 7.19. The number of hydrogen-bond donors (Lipinski definition) is 1. The van der Waals surface area contributed by atoms with Gasteiger partial charge in [0.1, 0.15) is 0 Å². The molecule has 0 aromatic heterocycles. The molecule has 7 heteroatoms. The van der Waals surface area contributed by atoms with E-state index in [0.29, 0.717) is 5.92 Å². The molecule has 1 aliphatic carbocycles. The van der Waals surface area contributed by atoms with Crippen LogP contribution in [0.15, 0.2) is 24.3 Å². The third-order valence-corrected chi connectivity index (χ3v) is 5.52. The number of benzene rings is 1. The number of piperidine rings is 1. The van der Waals surface area contributed by atoms with Crippen LogP contribution in [0.1, 0.15) is 48.0 Å². The first kappa shape index (κ1) is 18.7. The SMILES string of the molecule is O=C(NCC(=O)N1CC[C@@H]2CCCC[C@H]2C1)c1ccc(C(F)(F)F)cc1. The predicted octanol–water partition coefficient (Wildman–Crippen LogP) is 3.47. The van der Waals surface area contributed by atoms with Crippen LogP contribution in [-0.4, -0.2) is 36.3 Å². The summed E-state index contributed by atoms with van der Waals surface area (Å²) in [7, 11) is 0. The number of carbonyl (C=O) groups excluding carboxylic acids is 2. The van der Waals surface area contributed by atoms with E-state index in [-0.39, 0.29) is 18.0 Å². The molecule has 1 saturated carbocycles. The van der Waals surface area contributed by atoms with Crippen molar-refractivity contribution in [3.8, 4) is 0 Å². The third-order valence-electron chi connectivity index (χ3n) is 5.52. The molecule has 4 nitrogen and oxygen atoms in total. The average Bonchev–Trinajstić information content (AvgIpc) is 2.64. The van der Waals surface area contributed by atoms with Crippen molar-refractivity contribution in [1.82, 2.24) is 10.2 Å². The van der Waals surface area contributed by atoms with Crippen LogP contribution in [0.4, 0.5) is 13.2 Å². The molecule has 2 fully saturated rings. The quantitative estimate of drug-likeness (QED) is 0.888. The summed E-state index contributed by atoms with van der Waals surface area (Å²) in [4.78, 5) is 26.2. The standard InChI is InChI=1S/C19H23F3N2O2/c20-19(21,22)16-7-5-14(6-8-16)18(26)23-11-17(25)24-10-9-13-3-1-2-4-15(13)12-24/h5-8,13,15H,1-4,9-12H2,(H,23,26)/t13-,15-/m0/s1. The summed E-state index contributed by atoms with van der Waals surface area (Å²) in [5, 5.41) is 2.51. The number of nitrogens with zero attached hydrogens (tertiary/aromatic N) is 1. The number of nitrogens with one attached hydrogen (secondary N) is 1. The summed E-state index contributed by atoms with van der Waals surface area (Å²) in [5.41, 5.74) is -0.697. The molecule has 1 saturated heterocycles. The Kier molecular flexibility index (Phi) is 5.53. The summed E-state index contributed by atoms with van der Waals surface area (Å²) < 4.78 is 37.6.